The van der Waals surface area contributed by atoms with Gasteiger partial charge in [-0.25, -0.2) is 9.78 Å². The number of carbonyl (C=O) groups is 2. The second-order valence-corrected chi connectivity index (χ2v) is 10.5. The lowest BCUT2D eigenvalue weighted by molar-refractivity contribution is 0.0937. The lowest BCUT2D eigenvalue weighted by Crippen LogP contribution is -2.39. The monoisotopic (exact) mass is 557 g/mol. The van der Waals surface area contributed by atoms with Crippen LogP contribution in [0.3, 0.4) is 0 Å². The number of fused-ring (bicyclic) bond motifs is 1. The number of nitrogens with two attached hydrogens (primary N) is 1. The van der Waals surface area contributed by atoms with Crippen LogP contribution in [0.25, 0.3) is 21.9 Å². The minimum absolute atomic E-state index is 0.142. The fraction of sp³-hybridized carbons (Fsp3) is 0.333. The van der Waals surface area contributed by atoms with Crippen LogP contribution in [0, 0.1) is 0 Å². The summed E-state index contributed by atoms with van der Waals surface area (Å²) >= 11 is 0. The first-order valence-electron chi connectivity index (χ1n) is 13.6. The number of hydrogen-bond donors (Lipinski definition) is 2. The zero-order chi connectivity index (χ0) is 28.9. The van der Waals surface area contributed by atoms with Gasteiger partial charge in [0.2, 0.25) is 0 Å². The van der Waals surface area contributed by atoms with Crippen molar-refractivity contribution in [1.82, 2.24) is 29.9 Å². The average Bonchev–Trinajstić information content (AvgIpc) is 3.60. The van der Waals surface area contributed by atoms with E-state index in [0.29, 0.717) is 31.9 Å². The second kappa shape index (κ2) is 12.3. The van der Waals surface area contributed by atoms with Gasteiger partial charge in [-0.3, -0.25) is 9.48 Å². The van der Waals surface area contributed by atoms with Crippen LogP contribution in [-0.4, -0.2) is 82.9 Å². The molecule has 0 saturated carbocycles. The van der Waals surface area contributed by atoms with Crippen LogP contribution in [-0.2, 0) is 7.05 Å². The molecule has 11 heteroatoms. The van der Waals surface area contributed by atoms with Crippen LogP contribution in [0.15, 0.2) is 61.1 Å². The molecule has 3 N–H and O–H groups in total. The third kappa shape index (κ3) is 6.93. The third-order valence-corrected chi connectivity index (χ3v) is 6.99. The van der Waals surface area contributed by atoms with Gasteiger partial charge in [0, 0.05) is 56.2 Å². The van der Waals surface area contributed by atoms with Gasteiger partial charge in [-0.05, 0) is 68.0 Å². The molecule has 4 aromatic rings. The molecule has 3 heterocycles. The summed E-state index contributed by atoms with van der Waals surface area (Å²) in [5.41, 5.74) is 7.87. The topological polar surface area (TPSA) is 128 Å². The molecule has 2 amide bonds. The number of nitrogens with one attached hydrogen (secondary N) is 1. The molecular formula is C30H35N7O4. The number of nitrogen functional groups attached to an aromatic ring is 1. The molecule has 41 heavy (non-hydrogen) atoms. The summed E-state index contributed by atoms with van der Waals surface area (Å²) in [6.07, 6.45) is 6.22. The number of pyridine rings is 1. The summed E-state index contributed by atoms with van der Waals surface area (Å²) in [6, 6.07) is 12.9. The number of nitrogens with zero attached hydrogens (tertiary/aromatic N) is 5. The first kappa shape index (κ1) is 27.9. The first-order chi connectivity index (χ1) is 19.7. The highest BCUT2D eigenvalue weighted by Gasteiger charge is 2.29. The molecule has 1 fully saturated rings. The number of carbonyl (C=O) groups excluding carboxylic acids is 2. The van der Waals surface area contributed by atoms with Crippen LogP contribution in [0.2, 0.25) is 0 Å². The maximum absolute atomic E-state index is 13.0. The number of benzene rings is 2. The van der Waals surface area contributed by atoms with Crippen molar-refractivity contribution >= 4 is 28.6 Å². The second-order valence-electron chi connectivity index (χ2n) is 10.5. The SMILES string of the molecule is CN(C)CCCOc1ccc2ccc(OC(=O)N3CC[C@@H](NC(=O)c4cc(-c5cnn(C)c5)cnc4N)C3)cc2c1. The van der Waals surface area contributed by atoms with Gasteiger partial charge in [0.1, 0.15) is 17.3 Å². The Balaban J connectivity index is 1.17. The Morgan fingerprint density at radius 1 is 1.07 bits per heavy atom. The third-order valence-electron chi connectivity index (χ3n) is 6.99. The predicted molar refractivity (Wildman–Crippen MR) is 157 cm³/mol. The van der Waals surface area contributed by atoms with Crippen molar-refractivity contribution < 1.29 is 19.1 Å². The van der Waals surface area contributed by atoms with Crippen LogP contribution >= 0.6 is 0 Å². The van der Waals surface area contributed by atoms with Crippen molar-refractivity contribution in [3.8, 4) is 22.6 Å². The van der Waals surface area contributed by atoms with Gasteiger partial charge < -0.3 is 30.3 Å². The van der Waals surface area contributed by atoms with Crippen LogP contribution < -0.4 is 20.5 Å². The van der Waals surface area contributed by atoms with Crippen molar-refractivity contribution in [2.24, 2.45) is 7.05 Å². The summed E-state index contributed by atoms with van der Waals surface area (Å²) in [6.45, 7) is 2.38. The molecule has 0 spiro atoms. The number of aromatic nitrogens is 3. The molecule has 2 aromatic carbocycles. The van der Waals surface area contributed by atoms with Crippen LogP contribution in [0.5, 0.6) is 11.5 Å². The fourth-order valence-electron chi connectivity index (χ4n) is 4.78. The Kier molecular flexibility index (Phi) is 8.34. The summed E-state index contributed by atoms with van der Waals surface area (Å²) in [4.78, 5) is 33.9. The van der Waals surface area contributed by atoms with Crippen LogP contribution in [0.4, 0.5) is 10.6 Å². The number of ether oxygens (including phenoxy) is 2. The van der Waals surface area contributed by atoms with Gasteiger partial charge in [0.25, 0.3) is 5.91 Å². The first-order valence-corrected chi connectivity index (χ1v) is 13.6. The van der Waals surface area contributed by atoms with Gasteiger partial charge >= 0.3 is 6.09 Å². The number of hydrogen-bond acceptors (Lipinski definition) is 8. The lowest BCUT2D eigenvalue weighted by Gasteiger charge is -2.17. The lowest BCUT2D eigenvalue weighted by atomic mass is 10.1. The van der Waals surface area contributed by atoms with E-state index in [1.54, 1.807) is 34.1 Å². The van der Waals surface area contributed by atoms with Crippen molar-refractivity contribution in [2.75, 3.05) is 46.1 Å². The van der Waals surface area contributed by atoms with Crippen molar-refractivity contribution in [3.63, 3.8) is 0 Å². The molecule has 0 unspecified atom stereocenters. The van der Waals surface area contributed by atoms with Gasteiger partial charge in [0.05, 0.1) is 18.4 Å². The minimum atomic E-state index is -0.461. The molecule has 0 bridgehead atoms. The molecule has 2 aromatic heterocycles. The molecular weight excluding hydrogens is 522 g/mol. The van der Waals surface area contributed by atoms with Crippen molar-refractivity contribution in [3.05, 3.63) is 66.6 Å². The average molecular weight is 558 g/mol. The maximum atomic E-state index is 13.0. The largest absolute Gasteiger partial charge is 0.494 e. The molecule has 5 rings (SSSR count). The number of aryl methyl sites for hydroxylation is 1. The van der Waals surface area contributed by atoms with E-state index in [1.165, 1.54) is 0 Å². The van der Waals surface area contributed by atoms with Gasteiger partial charge in [-0.1, -0.05) is 12.1 Å². The number of amides is 2. The zero-order valence-corrected chi connectivity index (χ0v) is 23.5. The van der Waals surface area contributed by atoms with E-state index in [1.807, 2.05) is 57.7 Å². The highest BCUT2D eigenvalue weighted by molar-refractivity contribution is 5.99. The van der Waals surface area contributed by atoms with Gasteiger partial charge in [-0.2, -0.15) is 5.10 Å². The van der Waals surface area contributed by atoms with E-state index in [2.05, 4.69) is 20.3 Å². The number of anilines is 1. The molecule has 1 aliphatic heterocycles. The molecule has 11 nitrogen and oxygen atoms in total. The van der Waals surface area contributed by atoms with Gasteiger partial charge in [0.15, 0.2) is 0 Å². The Morgan fingerprint density at radius 3 is 2.61 bits per heavy atom. The maximum Gasteiger partial charge on any atom is 0.415 e. The van der Waals surface area contributed by atoms with Gasteiger partial charge in [-0.15, -0.1) is 0 Å². The number of likely N-dealkylation sites (tertiary alicyclic amines) is 1. The quantitative estimate of drug-likeness (QED) is 0.299. The normalized spacial score (nSPS) is 14.9. The van der Waals surface area contributed by atoms with E-state index >= 15 is 0 Å². The molecule has 1 aliphatic rings. The summed E-state index contributed by atoms with van der Waals surface area (Å²) in [5, 5.41) is 9.09. The van der Waals surface area contributed by atoms with Crippen LogP contribution in [0.1, 0.15) is 23.2 Å². The van der Waals surface area contributed by atoms with E-state index < -0.39 is 6.09 Å². The van der Waals surface area contributed by atoms with E-state index in [4.69, 9.17) is 15.2 Å². The number of rotatable bonds is 9. The predicted octanol–water partition coefficient (Wildman–Crippen LogP) is 3.55. The molecule has 0 aliphatic carbocycles. The fourth-order valence-corrected chi connectivity index (χ4v) is 4.78. The Labute approximate surface area is 238 Å². The zero-order valence-electron chi connectivity index (χ0n) is 23.5. The summed E-state index contributed by atoms with van der Waals surface area (Å²) in [5.74, 6) is 1.03. The standard InChI is InChI=1S/C30H35N7O4/c1-35(2)10-4-12-40-25-7-5-20-6-8-26(14-21(20)13-25)41-30(39)37-11-9-24(19-37)34-29(38)27-15-22(16-32-28(27)31)23-17-33-36(3)18-23/h5-8,13-18,24H,4,9-12,19H2,1-3H3,(H2,31,32)(H,34,38)/t24-/m1/s1. The molecule has 1 saturated heterocycles. The Hall–Kier alpha value is -4.64. The van der Waals surface area contributed by atoms with E-state index in [0.717, 1.165) is 40.6 Å². The summed E-state index contributed by atoms with van der Waals surface area (Å²) < 4.78 is 13.2. The minimum Gasteiger partial charge on any atom is -0.494 e. The molecule has 0 radical (unpaired) electrons. The van der Waals surface area contributed by atoms with E-state index in [9.17, 15) is 9.59 Å². The van der Waals surface area contributed by atoms with E-state index in [-0.39, 0.29) is 23.3 Å². The summed E-state index contributed by atoms with van der Waals surface area (Å²) in [7, 11) is 5.89. The molecule has 214 valence electrons. The van der Waals surface area contributed by atoms with Crippen molar-refractivity contribution in [2.45, 2.75) is 18.9 Å². The molecule has 1 atom stereocenters. The smallest absolute Gasteiger partial charge is 0.415 e. The Morgan fingerprint density at radius 2 is 1.85 bits per heavy atom. The highest BCUT2D eigenvalue weighted by atomic mass is 16.6. The Bertz CT molecular complexity index is 1550. The highest BCUT2D eigenvalue weighted by Crippen LogP contribution is 2.26. The van der Waals surface area contributed by atoms with Crippen molar-refractivity contribution in [1.29, 1.82) is 0 Å².